The Kier molecular flexibility index (Phi) is 4.62. The Morgan fingerprint density at radius 2 is 2.08 bits per heavy atom. The second-order valence-corrected chi connectivity index (χ2v) is 3.96. The molecule has 1 saturated heterocycles. The lowest BCUT2D eigenvalue weighted by Gasteiger charge is -2.21. The highest BCUT2D eigenvalue weighted by Gasteiger charge is 2.12. The van der Waals surface area contributed by atoms with Crippen molar-refractivity contribution in [2.45, 2.75) is 45.1 Å². The largest absolute Gasteiger partial charge is 0.381 e. The molecule has 1 aliphatic heterocycles. The lowest BCUT2D eigenvalue weighted by molar-refractivity contribution is 0.0630. The van der Waals surface area contributed by atoms with Crippen molar-refractivity contribution in [3.63, 3.8) is 0 Å². The third kappa shape index (κ3) is 4.07. The SMILES string of the molecule is CC(N)CCCC1CCOCC1. The van der Waals surface area contributed by atoms with Gasteiger partial charge in [-0.1, -0.05) is 12.8 Å². The third-order valence-corrected chi connectivity index (χ3v) is 2.61. The Balaban J connectivity index is 1.98. The van der Waals surface area contributed by atoms with Crippen LogP contribution in [0.1, 0.15) is 39.0 Å². The van der Waals surface area contributed by atoms with E-state index in [0.29, 0.717) is 6.04 Å². The van der Waals surface area contributed by atoms with E-state index < -0.39 is 0 Å². The molecule has 0 radical (unpaired) electrons. The molecule has 1 fully saturated rings. The lowest BCUT2D eigenvalue weighted by Crippen LogP contribution is -2.18. The predicted molar refractivity (Wildman–Crippen MR) is 51.0 cm³/mol. The summed E-state index contributed by atoms with van der Waals surface area (Å²) in [5.41, 5.74) is 5.68. The lowest BCUT2D eigenvalue weighted by atomic mass is 9.93. The van der Waals surface area contributed by atoms with E-state index >= 15 is 0 Å². The van der Waals surface area contributed by atoms with Gasteiger partial charge >= 0.3 is 0 Å². The van der Waals surface area contributed by atoms with E-state index in [1.807, 2.05) is 0 Å². The zero-order valence-corrected chi connectivity index (χ0v) is 8.09. The normalized spacial score (nSPS) is 22.5. The van der Waals surface area contributed by atoms with Crippen molar-refractivity contribution in [2.24, 2.45) is 11.7 Å². The number of rotatable bonds is 4. The monoisotopic (exact) mass is 171 g/mol. The summed E-state index contributed by atoms with van der Waals surface area (Å²) >= 11 is 0. The molecule has 1 unspecified atom stereocenters. The van der Waals surface area contributed by atoms with Gasteiger partial charge in [0.25, 0.3) is 0 Å². The summed E-state index contributed by atoms with van der Waals surface area (Å²) in [7, 11) is 0. The van der Waals surface area contributed by atoms with Crippen LogP contribution in [-0.4, -0.2) is 19.3 Å². The molecule has 0 aromatic heterocycles. The van der Waals surface area contributed by atoms with Crippen LogP contribution in [0.15, 0.2) is 0 Å². The first-order valence-corrected chi connectivity index (χ1v) is 5.12. The van der Waals surface area contributed by atoms with Gasteiger partial charge in [0.1, 0.15) is 0 Å². The van der Waals surface area contributed by atoms with Gasteiger partial charge in [-0.25, -0.2) is 0 Å². The van der Waals surface area contributed by atoms with Crippen LogP contribution in [0.5, 0.6) is 0 Å². The highest BCUT2D eigenvalue weighted by molar-refractivity contribution is 4.64. The first-order valence-electron chi connectivity index (χ1n) is 5.12. The van der Waals surface area contributed by atoms with E-state index in [2.05, 4.69) is 6.92 Å². The molecule has 2 nitrogen and oxygen atoms in total. The molecule has 1 rings (SSSR count). The molecule has 0 amide bonds. The number of nitrogens with two attached hydrogens (primary N) is 1. The molecule has 1 aliphatic rings. The molecular formula is C10H21NO. The van der Waals surface area contributed by atoms with Crippen molar-refractivity contribution < 1.29 is 4.74 Å². The fraction of sp³-hybridized carbons (Fsp3) is 1.00. The summed E-state index contributed by atoms with van der Waals surface area (Å²) in [6.07, 6.45) is 6.35. The van der Waals surface area contributed by atoms with E-state index in [4.69, 9.17) is 10.5 Å². The van der Waals surface area contributed by atoms with Crippen LogP contribution in [0.2, 0.25) is 0 Å². The summed E-state index contributed by atoms with van der Waals surface area (Å²) in [5, 5.41) is 0. The summed E-state index contributed by atoms with van der Waals surface area (Å²) in [5.74, 6) is 0.914. The molecule has 2 heteroatoms. The standard InChI is InChI=1S/C10H21NO/c1-9(11)3-2-4-10-5-7-12-8-6-10/h9-10H,2-8,11H2,1H3. The fourth-order valence-electron chi connectivity index (χ4n) is 1.76. The number of hydrogen-bond acceptors (Lipinski definition) is 2. The zero-order valence-electron chi connectivity index (χ0n) is 8.09. The first kappa shape index (κ1) is 10.0. The van der Waals surface area contributed by atoms with Crippen LogP contribution in [0.25, 0.3) is 0 Å². The summed E-state index contributed by atoms with van der Waals surface area (Å²) in [6.45, 7) is 4.04. The minimum atomic E-state index is 0.379. The van der Waals surface area contributed by atoms with Crippen molar-refractivity contribution in [3.8, 4) is 0 Å². The van der Waals surface area contributed by atoms with Gasteiger partial charge in [-0.2, -0.15) is 0 Å². The molecule has 0 bridgehead atoms. The number of ether oxygens (including phenoxy) is 1. The molecule has 2 N–H and O–H groups in total. The van der Waals surface area contributed by atoms with Crippen molar-refractivity contribution in [2.75, 3.05) is 13.2 Å². The average molecular weight is 171 g/mol. The van der Waals surface area contributed by atoms with E-state index in [1.165, 1.54) is 32.1 Å². The van der Waals surface area contributed by atoms with E-state index in [-0.39, 0.29) is 0 Å². The molecule has 1 heterocycles. The molecule has 72 valence electrons. The summed E-state index contributed by atoms with van der Waals surface area (Å²) in [4.78, 5) is 0. The second kappa shape index (κ2) is 5.55. The van der Waals surface area contributed by atoms with Crippen LogP contribution in [0.4, 0.5) is 0 Å². The minimum Gasteiger partial charge on any atom is -0.381 e. The highest BCUT2D eigenvalue weighted by Crippen LogP contribution is 2.20. The Labute approximate surface area is 75.5 Å². The Morgan fingerprint density at radius 3 is 2.67 bits per heavy atom. The Hall–Kier alpha value is -0.0800. The highest BCUT2D eigenvalue weighted by atomic mass is 16.5. The molecule has 0 aromatic rings. The molecule has 0 aliphatic carbocycles. The van der Waals surface area contributed by atoms with Gasteiger partial charge in [-0.15, -0.1) is 0 Å². The van der Waals surface area contributed by atoms with Gasteiger partial charge in [0, 0.05) is 19.3 Å². The average Bonchev–Trinajstić information content (AvgIpc) is 2.05. The Bertz CT molecular complexity index is 108. The molecule has 0 saturated carbocycles. The van der Waals surface area contributed by atoms with Gasteiger partial charge in [-0.3, -0.25) is 0 Å². The second-order valence-electron chi connectivity index (χ2n) is 3.96. The van der Waals surface area contributed by atoms with Crippen molar-refractivity contribution in [1.29, 1.82) is 0 Å². The van der Waals surface area contributed by atoms with Gasteiger partial charge in [-0.05, 0) is 32.1 Å². The summed E-state index contributed by atoms with van der Waals surface area (Å²) < 4.78 is 5.30. The van der Waals surface area contributed by atoms with E-state index in [0.717, 1.165) is 19.1 Å². The maximum atomic E-state index is 5.68. The van der Waals surface area contributed by atoms with Gasteiger partial charge in [0.15, 0.2) is 0 Å². The van der Waals surface area contributed by atoms with Crippen LogP contribution in [0.3, 0.4) is 0 Å². The molecule has 0 spiro atoms. The topological polar surface area (TPSA) is 35.2 Å². The van der Waals surface area contributed by atoms with Gasteiger partial charge in [0.05, 0.1) is 0 Å². The van der Waals surface area contributed by atoms with Crippen molar-refractivity contribution >= 4 is 0 Å². The fourth-order valence-corrected chi connectivity index (χ4v) is 1.76. The van der Waals surface area contributed by atoms with Gasteiger partial charge in [0.2, 0.25) is 0 Å². The number of hydrogen-bond donors (Lipinski definition) is 1. The van der Waals surface area contributed by atoms with E-state index in [1.54, 1.807) is 0 Å². The quantitative estimate of drug-likeness (QED) is 0.701. The summed E-state index contributed by atoms with van der Waals surface area (Å²) in [6, 6.07) is 0.379. The molecule has 0 aromatic carbocycles. The Morgan fingerprint density at radius 1 is 1.42 bits per heavy atom. The smallest absolute Gasteiger partial charge is 0.0468 e. The van der Waals surface area contributed by atoms with Crippen molar-refractivity contribution in [3.05, 3.63) is 0 Å². The van der Waals surface area contributed by atoms with Crippen LogP contribution in [0, 0.1) is 5.92 Å². The zero-order chi connectivity index (χ0) is 8.81. The van der Waals surface area contributed by atoms with E-state index in [9.17, 15) is 0 Å². The molecular weight excluding hydrogens is 150 g/mol. The third-order valence-electron chi connectivity index (χ3n) is 2.61. The van der Waals surface area contributed by atoms with Crippen molar-refractivity contribution in [1.82, 2.24) is 0 Å². The van der Waals surface area contributed by atoms with Crippen LogP contribution >= 0.6 is 0 Å². The van der Waals surface area contributed by atoms with Crippen LogP contribution in [-0.2, 0) is 4.74 Å². The molecule has 1 atom stereocenters. The maximum Gasteiger partial charge on any atom is 0.0468 e. The first-order chi connectivity index (χ1) is 5.79. The minimum absolute atomic E-state index is 0.379. The molecule has 12 heavy (non-hydrogen) atoms. The predicted octanol–water partition coefficient (Wildman–Crippen LogP) is 1.93. The maximum absolute atomic E-state index is 5.68. The van der Waals surface area contributed by atoms with Crippen LogP contribution < -0.4 is 5.73 Å². The van der Waals surface area contributed by atoms with Gasteiger partial charge < -0.3 is 10.5 Å².